The Morgan fingerprint density at radius 3 is 2.21 bits per heavy atom. The van der Waals surface area contributed by atoms with Gasteiger partial charge >= 0.3 is 0 Å². The van der Waals surface area contributed by atoms with Crippen LogP contribution in [0.1, 0.15) is 53.2 Å². The first-order valence-electron chi connectivity index (χ1n) is 11.2. The highest BCUT2D eigenvalue weighted by molar-refractivity contribution is 7.12. The summed E-state index contributed by atoms with van der Waals surface area (Å²) in [5.74, 6) is -0.929. The first-order chi connectivity index (χ1) is 16.1. The SMILES string of the molecule is Cc1ccc(CN(C(=O)CNC(=O)c2cccs2)[C@H](C(=O)NC(C)(C)C)c2ccccc2)cc1. The highest BCUT2D eigenvalue weighted by atomic mass is 32.1. The van der Waals surface area contributed by atoms with Crippen LogP contribution in [0.5, 0.6) is 0 Å². The largest absolute Gasteiger partial charge is 0.349 e. The molecule has 2 N–H and O–H groups in total. The average molecular weight is 478 g/mol. The van der Waals surface area contributed by atoms with Crippen molar-refractivity contribution in [1.29, 1.82) is 0 Å². The number of hydrogen-bond acceptors (Lipinski definition) is 4. The lowest BCUT2D eigenvalue weighted by molar-refractivity contribution is -0.141. The zero-order valence-electron chi connectivity index (χ0n) is 20.0. The van der Waals surface area contributed by atoms with E-state index < -0.39 is 11.6 Å². The molecule has 1 atom stereocenters. The number of nitrogens with one attached hydrogen (secondary N) is 2. The summed E-state index contributed by atoms with van der Waals surface area (Å²) in [6, 6.07) is 19.7. The third-order valence-electron chi connectivity index (χ3n) is 5.11. The van der Waals surface area contributed by atoms with Crippen molar-refractivity contribution >= 4 is 29.1 Å². The van der Waals surface area contributed by atoms with E-state index in [2.05, 4.69) is 10.6 Å². The molecule has 7 heteroatoms. The Hall–Kier alpha value is -3.45. The van der Waals surface area contributed by atoms with Gasteiger partial charge in [0.1, 0.15) is 6.04 Å². The van der Waals surface area contributed by atoms with E-state index in [0.29, 0.717) is 10.4 Å². The summed E-state index contributed by atoms with van der Waals surface area (Å²) in [4.78, 5) is 41.5. The molecule has 3 amide bonds. The summed E-state index contributed by atoms with van der Waals surface area (Å²) in [6.45, 7) is 7.72. The minimum Gasteiger partial charge on any atom is -0.349 e. The lowest BCUT2D eigenvalue weighted by Gasteiger charge is -2.34. The molecule has 0 aliphatic carbocycles. The monoisotopic (exact) mass is 477 g/mol. The maximum atomic E-state index is 13.5. The molecule has 6 nitrogen and oxygen atoms in total. The van der Waals surface area contributed by atoms with Gasteiger partial charge in [0.25, 0.3) is 5.91 Å². The predicted molar refractivity (Wildman–Crippen MR) is 135 cm³/mol. The smallest absolute Gasteiger partial charge is 0.261 e. The molecule has 0 bridgehead atoms. The van der Waals surface area contributed by atoms with Crippen LogP contribution >= 0.6 is 11.3 Å². The summed E-state index contributed by atoms with van der Waals surface area (Å²) in [6.07, 6.45) is 0. The fraction of sp³-hybridized carbons (Fsp3) is 0.296. The summed E-state index contributed by atoms with van der Waals surface area (Å²) in [7, 11) is 0. The molecule has 0 unspecified atom stereocenters. The Morgan fingerprint density at radius 2 is 1.62 bits per heavy atom. The third-order valence-corrected chi connectivity index (χ3v) is 5.98. The number of hydrogen-bond donors (Lipinski definition) is 2. The molecule has 178 valence electrons. The lowest BCUT2D eigenvalue weighted by atomic mass is 10.0. The van der Waals surface area contributed by atoms with Crippen molar-refractivity contribution in [3.05, 3.63) is 93.7 Å². The fourth-order valence-electron chi connectivity index (χ4n) is 3.51. The highest BCUT2D eigenvalue weighted by Gasteiger charge is 2.33. The minimum absolute atomic E-state index is 0.214. The number of thiophene rings is 1. The normalized spacial score (nSPS) is 12.0. The second kappa shape index (κ2) is 11.1. The molecule has 1 heterocycles. The molecule has 0 aliphatic heterocycles. The summed E-state index contributed by atoms with van der Waals surface area (Å²) in [5.41, 5.74) is 2.23. The van der Waals surface area contributed by atoms with Crippen LogP contribution in [0.15, 0.2) is 72.1 Å². The van der Waals surface area contributed by atoms with E-state index in [9.17, 15) is 14.4 Å². The van der Waals surface area contributed by atoms with Gasteiger partial charge in [-0.05, 0) is 50.3 Å². The second-order valence-electron chi connectivity index (χ2n) is 9.22. The van der Waals surface area contributed by atoms with Gasteiger partial charge < -0.3 is 15.5 Å². The zero-order chi connectivity index (χ0) is 24.7. The number of amides is 3. The molecule has 2 aromatic carbocycles. The molecular formula is C27H31N3O3S. The van der Waals surface area contributed by atoms with Gasteiger partial charge in [-0.25, -0.2) is 0 Å². The van der Waals surface area contributed by atoms with Gasteiger partial charge in [-0.2, -0.15) is 0 Å². The molecule has 0 aliphatic rings. The van der Waals surface area contributed by atoms with E-state index in [1.54, 1.807) is 12.1 Å². The van der Waals surface area contributed by atoms with Crippen LogP contribution in [0.2, 0.25) is 0 Å². The van der Waals surface area contributed by atoms with Crippen LogP contribution in [0.25, 0.3) is 0 Å². The Morgan fingerprint density at radius 1 is 0.941 bits per heavy atom. The van der Waals surface area contributed by atoms with Gasteiger partial charge in [0.2, 0.25) is 11.8 Å². The van der Waals surface area contributed by atoms with Crippen molar-refractivity contribution < 1.29 is 14.4 Å². The Labute approximate surface area is 205 Å². The standard InChI is InChI=1S/C27H31N3O3S/c1-19-12-14-20(15-13-19)18-30(23(31)17-28-25(32)22-11-8-16-34-22)24(21-9-6-5-7-10-21)26(33)29-27(2,3)4/h5-16,24H,17-18H2,1-4H3,(H,28,32)(H,29,33)/t24-/m0/s1. The molecule has 0 fully saturated rings. The first kappa shape index (κ1) is 25.2. The molecule has 1 aromatic heterocycles. The van der Waals surface area contributed by atoms with Crippen molar-refractivity contribution in [3.8, 4) is 0 Å². The van der Waals surface area contributed by atoms with E-state index in [1.807, 2.05) is 87.7 Å². The third kappa shape index (κ3) is 7.02. The van der Waals surface area contributed by atoms with Crippen LogP contribution in [-0.2, 0) is 16.1 Å². The molecular weight excluding hydrogens is 446 g/mol. The topological polar surface area (TPSA) is 78.5 Å². The number of nitrogens with zero attached hydrogens (tertiary/aromatic N) is 1. The Kier molecular flexibility index (Phi) is 8.23. The van der Waals surface area contributed by atoms with Crippen LogP contribution in [0.4, 0.5) is 0 Å². The molecule has 0 saturated heterocycles. The van der Waals surface area contributed by atoms with E-state index in [0.717, 1.165) is 11.1 Å². The van der Waals surface area contributed by atoms with E-state index in [1.165, 1.54) is 16.2 Å². The van der Waals surface area contributed by atoms with Crippen LogP contribution < -0.4 is 10.6 Å². The number of carbonyl (C=O) groups is 3. The van der Waals surface area contributed by atoms with Crippen molar-refractivity contribution in [3.63, 3.8) is 0 Å². The first-order valence-corrected chi connectivity index (χ1v) is 12.1. The molecule has 0 radical (unpaired) electrons. The number of benzene rings is 2. The van der Waals surface area contributed by atoms with Crippen molar-refractivity contribution in [1.82, 2.24) is 15.5 Å². The lowest BCUT2D eigenvalue weighted by Crippen LogP contribution is -2.50. The number of rotatable bonds is 8. The molecule has 0 spiro atoms. The summed E-state index contributed by atoms with van der Waals surface area (Å²) >= 11 is 1.31. The van der Waals surface area contributed by atoms with Gasteiger partial charge in [0, 0.05) is 12.1 Å². The number of carbonyl (C=O) groups excluding carboxylic acids is 3. The van der Waals surface area contributed by atoms with Crippen LogP contribution in [0.3, 0.4) is 0 Å². The quantitative estimate of drug-likeness (QED) is 0.502. The molecule has 34 heavy (non-hydrogen) atoms. The van der Waals surface area contributed by atoms with Gasteiger partial charge in [-0.1, -0.05) is 66.2 Å². The molecule has 3 rings (SSSR count). The second-order valence-corrected chi connectivity index (χ2v) is 10.2. The van der Waals surface area contributed by atoms with Gasteiger partial charge in [0.15, 0.2) is 0 Å². The van der Waals surface area contributed by atoms with Crippen molar-refractivity contribution in [2.24, 2.45) is 0 Å². The van der Waals surface area contributed by atoms with Crippen molar-refractivity contribution in [2.45, 2.75) is 45.8 Å². The van der Waals surface area contributed by atoms with E-state index in [-0.39, 0.29) is 30.8 Å². The van der Waals surface area contributed by atoms with Crippen LogP contribution in [0, 0.1) is 6.92 Å². The Bertz CT molecular complexity index is 1100. The maximum absolute atomic E-state index is 13.5. The predicted octanol–water partition coefficient (Wildman–Crippen LogP) is 4.47. The maximum Gasteiger partial charge on any atom is 0.261 e. The fourth-order valence-corrected chi connectivity index (χ4v) is 4.15. The van der Waals surface area contributed by atoms with E-state index in [4.69, 9.17) is 0 Å². The van der Waals surface area contributed by atoms with Gasteiger partial charge in [-0.3, -0.25) is 14.4 Å². The highest BCUT2D eigenvalue weighted by Crippen LogP contribution is 2.25. The Balaban J connectivity index is 1.93. The summed E-state index contributed by atoms with van der Waals surface area (Å²) in [5, 5.41) is 7.53. The molecule has 3 aromatic rings. The van der Waals surface area contributed by atoms with Crippen LogP contribution in [-0.4, -0.2) is 34.7 Å². The van der Waals surface area contributed by atoms with Gasteiger partial charge in [0.05, 0.1) is 11.4 Å². The van der Waals surface area contributed by atoms with Gasteiger partial charge in [-0.15, -0.1) is 11.3 Å². The number of aryl methyl sites for hydroxylation is 1. The van der Waals surface area contributed by atoms with E-state index >= 15 is 0 Å². The summed E-state index contributed by atoms with van der Waals surface area (Å²) < 4.78 is 0. The van der Waals surface area contributed by atoms with Crippen molar-refractivity contribution in [2.75, 3.05) is 6.54 Å². The minimum atomic E-state index is -0.854. The average Bonchev–Trinajstić information content (AvgIpc) is 3.33. The molecule has 0 saturated carbocycles. The zero-order valence-corrected chi connectivity index (χ0v) is 20.8.